The van der Waals surface area contributed by atoms with Gasteiger partial charge in [0, 0.05) is 0 Å². The lowest BCUT2D eigenvalue weighted by atomic mass is 10.1. The van der Waals surface area contributed by atoms with Gasteiger partial charge in [0.25, 0.3) is 0 Å². The number of aromatic hydroxyl groups is 1. The molecule has 2 rings (SSSR count). The van der Waals surface area contributed by atoms with E-state index in [9.17, 15) is 0 Å². The highest BCUT2D eigenvalue weighted by Crippen LogP contribution is 2.13. The average molecular weight is 379 g/mol. The van der Waals surface area contributed by atoms with Crippen LogP contribution < -0.4 is 4.74 Å². The van der Waals surface area contributed by atoms with Gasteiger partial charge in [0.15, 0.2) is 0 Å². The monoisotopic (exact) mass is 378 g/mol. The summed E-state index contributed by atoms with van der Waals surface area (Å²) in [4.78, 5) is 0. The molecule has 148 valence electrons. The number of nitriles is 2. The number of unbranched alkanes of at least 4 members (excludes halogenated alkanes) is 7. The van der Waals surface area contributed by atoms with Crippen LogP contribution in [-0.2, 0) is 0 Å². The van der Waals surface area contributed by atoms with Crippen molar-refractivity contribution in [2.75, 3.05) is 6.61 Å². The molecule has 2 aromatic carbocycles. The molecular weight excluding hydrogens is 348 g/mol. The van der Waals surface area contributed by atoms with Crippen LogP contribution in [0.15, 0.2) is 48.5 Å². The summed E-state index contributed by atoms with van der Waals surface area (Å²) in [7, 11) is 0. The maximum absolute atomic E-state index is 8.74. The number of hydrogen-bond acceptors (Lipinski definition) is 4. The SMILES string of the molecule is CCCCCCCCCCOc1ccc(C#N)cc1.N#Cc1ccc(O)cc1. The predicted molar refractivity (Wildman–Crippen MR) is 112 cm³/mol. The first kappa shape index (κ1) is 23.1. The summed E-state index contributed by atoms with van der Waals surface area (Å²) in [6.07, 6.45) is 10.5. The second kappa shape index (κ2) is 15.1. The summed E-state index contributed by atoms with van der Waals surface area (Å²) >= 11 is 0. The molecule has 0 saturated heterocycles. The molecule has 2 aromatic rings. The van der Waals surface area contributed by atoms with Crippen molar-refractivity contribution in [3.63, 3.8) is 0 Å². The molecule has 0 heterocycles. The molecular formula is C24H30N2O2. The molecule has 1 N–H and O–H groups in total. The van der Waals surface area contributed by atoms with Gasteiger partial charge < -0.3 is 9.84 Å². The lowest BCUT2D eigenvalue weighted by Gasteiger charge is -2.06. The fourth-order valence-electron chi connectivity index (χ4n) is 2.59. The van der Waals surface area contributed by atoms with Gasteiger partial charge in [0.1, 0.15) is 11.5 Å². The quantitative estimate of drug-likeness (QED) is 0.489. The van der Waals surface area contributed by atoms with Crippen LogP contribution in [0.4, 0.5) is 0 Å². The molecule has 0 saturated carbocycles. The van der Waals surface area contributed by atoms with E-state index in [1.54, 1.807) is 24.3 Å². The van der Waals surface area contributed by atoms with E-state index in [-0.39, 0.29) is 5.75 Å². The summed E-state index contributed by atoms with van der Waals surface area (Å²) < 4.78 is 5.64. The van der Waals surface area contributed by atoms with Crippen molar-refractivity contribution in [3.8, 4) is 23.6 Å². The van der Waals surface area contributed by atoms with Crippen molar-refractivity contribution in [1.82, 2.24) is 0 Å². The Labute approximate surface area is 169 Å². The fourth-order valence-corrected chi connectivity index (χ4v) is 2.59. The molecule has 4 nitrogen and oxygen atoms in total. The Morgan fingerprint density at radius 3 is 1.68 bits per heavy atom. The Balaban J connectivity index is 0.000000362. The second-order valence-corrected chi connectivity index (χ2v) is 6.62. The van der Waals surface area contributed by atoms with Gasteiger partial charge in [-0.1, -0.05) is 51.9 Å². The molecule has 0 atom stereocenters. The molecule has 0 aliphatic rings. The highest BCUT2D eigenvalue weighted by molar-refractivity contribution is 5.34. The van der Waals surface area contributed by atoms with Gasteiger partial charge in [0.2, 0.25) is 0 Å². The number of nitrogens with zero attached hydrogens (tertiary/aromatic N) is 2. The zero-order chi connectivity index (χ0) is 20.5. The Morgan fingerprint density at radius 1 is 0.714 bits per heavy atom. The molecule has 4 heteroatoms. The van der Waals surface area contributed by atoms with Crippen molar-refractivity contribution in [1.29, 1.82) is 10.5 Å². The molecule has 0 amide bonds. The lowest BCUT2D eigenvalue weighted by Crippen LogP contribution is -1.97. The van der Waals surface area contributed by atoms with Crippen LogP contribution in [0.3, 0.4) is 0 Å². The van der Waals surface area contributed by atoms with E-state index >= 15 is 0 Å². The molecule has 0 radical (unpaired) electrons. The average Bonchev–Trinajstić information content (AvgIpc) is 2.74. The summed E-state index contributed by atoms with van der Waals surface area (Å²) in [5.41, 5.74) is 1.24. The van der Waals surface area contributed by atoms with Gasteiger partial charge in [-0.15, -0.1) is 0 Å². The summed E-state index contributed by atoms with van der Waals surface area (Å²) in [5.74, 6) is 1.05. The number of rotatable bonds is 10. The van der Waals surface area contributed by atoms with Crippen LogP contribution in [0, 0.1) is 22.7 Å². The van der Waals surface area contributed by atoms with E-state index in [0.717, 1.165) is 18.8 Å². The first-order chi connectivity index (χ1) is 13.7. The van der Waals surface area contributed by atoms with E-state index in [1.807, 2.05) is 18.2 Å². The highest BCUT2D eigenvalue weighted by atomic mass is 16.5. The summed E-state index contributed by atoms with van der Waals surface area (Å²) in [6.45, 7) is 3.03. The molecule has 28 heavy (non-hydrogen) atoms. The lowest BCUT2D eigenvalue weighted by molar-refractivity contribution is 0.304. The molecule has 0 spiro atoms. The Morgan fingerprint density at radius 2 is 1.18 bits per heavy atom. The van der Waals surface area contributed by atoms with E-state index in [4.69, 9.17) is 20.4 Å². The minimum atomic E-state index is 0.189. The molecule has 0 unspecified atom stereocenters. The third kappa shape index (κ3) is 10.9. The van der Waals surface area contributed by atoms with Crippen LogP contribution >= 0.6 is 0 Å². The molecule has 0 bridgehead atoms. The van der Waals surface area contributed by atoms with Crippen molar-refractivity contribution in [3.05, 3.63) is 59.7 Å². The maximum Gasteiger partial charge on any atom is 0.119 e. The summed E-state index contributed by atoms with van der Waals surface area (Å²) in [6, 6.07) is 17.5. The summed E-state index contributed by atoms with van der Waals surface area (Å²) in [5, 5.41) is 25.7. The van der Waals surface area contributed by atoms with Crippen LogP contribution in [-0.4, -0.2) is 11.7 Å². The molecule has 0 aromatic heterocycles. The third-order valence-corrected chi connectivity index (χ3v) is 4.25. The normalized spacial score (nSPS) is 9.54. The van der Waals surface area contributed by atoms with Crippen molar-refractivity contribution in [2.24, 2.45) is 0 Å². The Kier molecular flexibility index (Phi) is 12.4. The zero-order valence-electron chi connectivity index (χ0n) is 16.7. The smallest absolute Gasteiger partial charge is 0.119 e. The van der Waals surface area contributed by atoms with Crippen LogP contribution in [0.2, 0.25) is 0 Å². The van der Waals surface area contributed by atoms with E-state index in [1.165, 1.54) is 57.1 Å². The minimum Gasteiger partial charge on any atom is -0.508 e. The van der Waals surface area contributed by atoms with Crippen LogP contribution in [0.5, 0.6) is 11.5 Å². The van der Waals surface area contributed by atoms with Crippen LogP contribution in [0.25, 0.3) is 0 Å². The first-order valence-corrected chi connectivity index (χ1v) is 10.0. The zero-order valence-corrected chi connectivity index (χ0v) is 16.7. The van der Waals surface area contributed by atoms with E-state index in [0.29, 0.717) is 11.1 Å². The minimum absolute atomic E-state index is 0.189. The topological polar surface area (TPSA) is 77.0 Å². The van der Waals surface area contributed by atoms with Crippen molar-refractivity contribution in [2.45, 2.75) is 58.3 Å². The van der Waals surface area contributed by atoms with Gasteiger partial charge in [0.05, 0.1) is 29.9 Å². The Hall–Kier alpha value is -2.98. The number of ether oxygens (including phenoxy) is 1. The maximum atomic E-state index is 8.74. The first-order valence-electron chi connectivity index (χ1n) is 10.0. The van der Waals surface area contributed by atoms with Crippen molar-refractivity contribution >= 4 is 0 Å². The third-order valence-electron chi connectivity index (χ3n) is 4.25. The Bertz CT molecular complexity index is 725. The number of phenolic OH excluding ortho intramolecular Hbond substituents is 1. The van der Waals surface area contributed by atoms with Gasteiger partial charge in [-0.2, -0.15) is 10.5 Å². The number of phenols is 1. The van der Waals surface area contributed by atoms with E-state index in [2.05, 4.69) is 13.0 Å². The number of hydrogen-bond donors (Lipinski definition) is 1. The van der Waals surface area contributed by atoms with Crippen molar-refractivity contribution < 1.29 is 9.84 Å². The molecule has 0 aliphatic heterocycles. The molecule has 0 aliphatic carbocycles. The van der Waals surface area contributed by atoms with Gasteiger partial charge in [-0.3, -0.25) is 0 Å². The highest BCUT2D eigenvalue weighted by Gasteiger charge is 1.95. The van der Waals surface area contributed by atoms with E-state index < -0.39 is 0 Å². The largest absolute Gasteiger partial charge is 0.508 e. The second-order valence-electron chi connectivity index (χ2n) is 6.62. The number of benzene rings is 2. The standard InChI is InChI=1S/C17H25NO.C7H5NO/c1-2-3-4-5-6-7-8-9-14-19-17-12-10-16(15-18)11-13-17;8-5-6-1-3-7(9)4-2-6/h10-13H,2-9,14H2,1H3;1-4,9H. The van der Waals surface area contributed by atoms with Gasteiger partial charge in [-0.25, -0.2) is 0 Å². The van der Waals surface area contributed by atoms with Gasteiger partial charge >= 0.3 is 0 Å². The molecule has 0 fully saturated rings. The predicted octanol–water partition coefficient (Wildman–Crippen LogP) is 6.34. The fraction of sp³-hybridized carbons (Fsp3) is 0.417. The van der Waals surface area contributed by atoms with Crippen LogP contribution in [0.1, 0.15) is 69.4 Å². The van der Waals surface area contributed by atoms with Gasteiger partial charge in [-0.05, 0) is 55.0 Å².